The number of rotatable bonds is 3. The van der Waals surface area contributed by atoms with Crippen molar-refractivity contribution in [2.75, 3.05) is 13.1 Å². The first-order valence-corrected chi connectivity index (χ1v) is 9.27. The standard InChI is InChI=1S/C20H25NO2/c22-20-21(12-19(23-20)15-4-2-1-3-5-15)11-18-16-7-13-6-14(9-16)10-17(18)8-13/h1-5,13-14,16-19H,6-12H2. The minimum Gasteiger partial charge on any atom is -0.439 e. The van der Waals surface area contributed by atoms with Crippen molar-refractivity contribution in [3.05, 3.63) is 35.9 Å². The van der Waals surface area contributed by atoms with Crippen molar-refractivity contribution in [1.82, 2.24) is 4.90 Å². The Morgan fingerprint density at radius 3 is 2.26 bits per heavy atom. The number of ether oxygens (including phenoxy) is 1. The SMILES string of the molecule is O=C1OC(c2ccccc2)CN1CC1C2CC3CC(C2)CC1C3. The Balaban J connectivity index is 1.29. The van der Waals surface area contributed by atoms with Gasteiger partial charge in [0.15, 0.2) is 0 Å². The molecule has 0 aromatic heterocycles. The molecule has 1 aliphatic heterocycles. The maximum atomic E-state index is 12.3. The van der Waals surface area contributed by atoms with Crippen LogP contribution in [0, 0.1) is 29.6 Å². The minimum absolute atomic E-state index is 0.0828. The topological polar surface area (TPSA) is 29.5 Å². The highest BCUT2D eigenvalue weighted by molar-refractivity contribution is 5.70. The van der Waals surface area contributed by atoms with Gasteiger partial charge in [-0.25, -0.2) is 4.79 Å². The molecule has 122 valence electrons. The molecule has 0 spiro atoms. The minimum atomic E-state index is -0.104. The highest BCUT2D eigenvalue weighted by Crippen LogP contribution is 2.56. The molecule has 3 heteroatoms. The van der Waals surface area contributed by atoms with Gasteiger partial charge in [0.25, 0.3) is 0 Å². The largest absolute Gasteiger partial charge is 0.439 e. The second-order valence-corrected chi connectivity index (χ2v) is 8.28. The zero-order valence-corrected chi connectivity index (χ0v) is 13.6. The van der Waals surface area contributed by atoms with Crippen molar-refractivity contribution in [2.45, 2.75) is 38.2 Å². The highest BCUT2D eigenvalue weighted by atomic mass is 16.6. The van der Waals surface area contributed by atoms with Crippen LogP contribution in [0.1, 0.15) is 43.8 Å². The molecule has 0 radical (unpaired) electrons. The van der Waals surface area contributed by atoms with E-state index >= 15 is 0 Å². The van der Waals surface area contributed by atoms with E-state index in [1.165, 1.54) is 32.1 Å². The molecule has 1 aromatic carbocycles. The number of hydrogen-bond acceptors (Lipinski definition) is 2. The molecule has 5 fully saturated rings. The smallest absolute Gasteiger partial charge is 0.410 e. The number of amides is 1. The highest BCUT2D eigenvalue weighted by Gasteiger charge is 2.49. The molecule has 0 N–H and O–H groups in total. The van der Waals surface area contributed by atoms with Gasteiger partial charge >= 0.3 is 6.09 Å². The Hall–Kier alpha value is -1.51. The third kappa shape index (κ3) is 2.36. The molecule has 1 amide bonds. The van der Waals surface area contributed by atoms with Crippen molar-refractivity contribution in [1.29, 1.82) is 0 Å². The molecule has 23 heavy (non-hydrogen) atoms. The fraction of sp³-hybridized carbons (Fsp3) is 0.650. The fourth-order valence-electron chi connectivity index (χ4n) is 6.09. The van der Waals surface area contributed by atoms with Gasteiger partial charge in [-0.15, -0.1) is 0 Å². The Morgan fingerprint density at radius 2 is 1.61 bits per heavy atom. The monoisotopic (exact) mass is 311 g/mol. The Bertz CT molecular complexity index is 571. The molecule has 4 saturated carbocycles. The summed E-state index contributed by atoms with van der Waals surface area (Å²) in [4.78, 5) is 14.3. The lowest BCUT2D eigenvalue weighted by molar-refractivity contribution is -0.0439. The lowest BCUT2D eigenvalue weighted by Crippen LogP contribution is -2.49. The number of carbonyl (C=O) groups excluding carboxylic acids is 1. The van der Waals surface area contributed by atoms with Gasteiger partial charge in [-0.2, -0.15) is 0 Å². The number of benzene rings is 1. The van der Waals surface area contributed by atoms with E-state index in [9.17, 15) is 4.79 Å². The molecule has 3 nitrogen and oxygen atoms in total. The van der Waals surface area contributed by atoms with Crippen LogP contribution < -0.4 is 0 Å². The van der Waals surface area contributed by atoms with E-state index in [1.807, 2.05) is 23.1 Å². The number of hydrogen-bond donors (Lipinski definition) is 0. The van der Waals surface area contributed by atoms with Crippen LogP contribution in [0.3, 0.4) is 0 Å². The summed E-state index contributed by atoms with van der Waals surface area (Å²) in [5, 5.41) is 0. The van der Waals surface area contributed by atoms with Gasteiger partial charge in [-0.05, 0) is 67.3 Å². The second-order valence-electron chi connectivity index (χ2n) is 8.28. The van der Waals surface area contributed by atoms with E-state index < -0.39 is 0 Å². The van der Waals surface area contributed by atoms with Crippen molar-refractivity contribution < 1.29 is 9.53 Å². The van der Waals surface area contributed by atoms with Gasteiger partial charge in [0, 0.05) is 6.54 Å². The van der Waals surface area contributed by atoms with E-state index in [0.29, 0.717) is 0 Å². The lowest BCUT2D eigenvalue weighted by Gasteiger charge is -2.55. The van der Waals surface area contributed by atoms with Gasteiger partial charge in [0.05, 0.1) is 6.54 Å². The number of cyclic esters (lactones) is 1. The Morgan fingerprint density at radius 1 is 0.957 bits per heavy atom. The molecule has 1 atom stereocenters. The number of nitrogens with zero attached hydrogens (tertiary/aromatic N) is 1. The molecule has 1 unspecified atom stereocenters. The lowest BCUT2D eigenvalue weighted by atomic mass is 9.52. The zero-order chi connectivity index (χ0) is 15.4. The van der Waals surface area contributed by atoms with E-state index in [4.69, 9.17) is 4.74 Å². The Kier molecular flexibility index (Phi) is 3.17. The predicted molar refractivity (Wildman–Crippen MR) is 87.8 cm³/mol. The van der Waals surface area contributed by atoms with Crippen molar-refractivity contribution >= 4 is 6.09 Å². The molecule has 1 heterocycles. The van der Waals surface area contributed by atoms with Crippen molar-refractivity contribution in [3.63, 3.8) is 0 Å². The summed E-state index contributed by atoms with van der Waals surface area (Å²) in [6.45, 7) is 1.66. The first-order valence-electron chi connectivity index (χ1n) is 9.27. The predicted octanol–water partition coefficient (Wildman–Crippen LogP) is 4.25. The van der Waals surface area contributed by atoms with Crippen LogP contribution in [-0.2, 0) is 4.74 Å². The third-order valence-electron chi connectivity index (χ3n) is 6.91. The summed E-state index contributed by atoms with van der Waals surface area (Å²) in [5.41, 5.74) is 1.12. The van der Waals surface area contributed by atoms with E-state index in [-0.39, 0.29) is 12.2 Å². The number of carbonyl (C=O) groups is 1. The van der Waals surface area contributed by atoms with Crippen molar-refractivity contribution in [2.24, 2.45) is 29.6 Å². The summed E-state index contributed by atoms with van der Waals surface area (Å²) < 4.78 is 5.64. The third-order valence-corrected chi connectivity index (χ3v) is 6.91. The van der Waals surface area contributed by atoms with E-state index in [2.05, 4.69) is 12.1 Å². The summed E-state index contributed by atoms with van der Waals surface area (Å²) in [7, 11) is 0. The molecule has 1 saturated heterocycles. The van der Waals surface area contributed by atoms with E-state index in [0.717, 1.165) is 48.2 Å². The molecular weight excluding hydrogens is 286 g/mol. The van der Waals surface area contributed by atoms with E-state index in [1.54, 1.807) is 0 Å². The molecule has 1 aromatic rings. The van der Waals surface area contributed by atoms with Crippen LogP contribution in [0.15, 0.2) is 30.3 Å². The summed E-state index contributed by atoms with van der Waals surface area (Å²) in [5.74, 6) is 4.46. The fourth-order valence-corrected chi connectivity index (χ4v) is 6.09. The Labute approximate surface area is 138 Å². The van der Waals surface area contributed by atoms with Crippen LogP contribution in [0.25, 0.3) is 0 Å². The van der Waals surface area contributed by atoms with Crippen LogP contribution >= 0.6 is 0 Å². The molecule has 5 aliphatic rings. The summed E-state index contributed by atoms with van der Waals surface area (Å²) >= 11 is 0. The second kappa shape index (κ2) is 5.25. The average molecular weight is 311 g/mol. The first-order chi connectivity index (χ1) is 11.3. The van der Waals surface area contributed by atoms with Crippen LogP contribution in [0.5, 0.6) is 0 Å². The normalized spacial score (nSPS) is 41.4. The van der Waals surface area contributed by atoms with Crippen LogP contribution in [-0.4, -0.2) is 24.1 Å². The molecule has 6 rings (SSSR count). The summed E-state index contributed by atoms with van der Waals surface area (Å²) in [6, 6.07) is 10.2. The maximum Gasteiger partial charge on any atom is 0.410 e. The van der Waals surface area contributed by atoms with Gasteiger partial charge in [0.1, 0.15) is 6.10 Å². The van der Waals surface area contributed by atoms with Gasteiger partial charge in [-0.3, -0.25) is 0 Å². The molecular formula is C20H25NO2. The van der Waals surface area contributed by atoms with Crippen molar-refractivity contribution in [3.8, 4) is 0 Å². The summed E-state index contributed by atoms with van der Waals surface area (Å²) in [6.07, 6.45) is 6.98. The van der Waals surface area contributed by atoms with Gasteiger partial charge in [-0.1, -0.05) is 30.3 Å². The zero-order valence-electron chi connectivity index (χ0n) is 13.6. The average Bonchev–Trinajstić information content (AvgIpc) is 2.92. The maximum absolute atomic E-state index is 12.3. The quantitative estimate of drug-likeness (QED) is 0.835. The van der Waals surface area contributed by atoms with Crippen LogP contribution in [0.2, 0.25) is 0 Å². The first kappa shape index (κ1) is 13.9. The molecule has 4 aliphatic carbocycles. The molecule has 4 bridgehead atoms. The van der Waals surface area contributed by atoms with Crippen LogP contribution in [0.4, 0.5) is 4.79 Å². The van der Waals surface area contributed by atoms with Gasteiger partial charge in [0.2, 0.25) is 0 Å². The van der Waals surface area contributed by atoms with Gasteiger partial charge < -0.3 is 9.64 Å².